The molecular formula is C9H12N2OS. The molecule has 70 valence electrons. The molecule has 1 fully saturated rings. The smallest absolute Gasteiger partial charge is 0.264 e. The number of nitrogens with zero attached hydrogens (tertiary/aromatic N) is 1. The lowest BCUT2D eigenvalue weighted by molar-refractivity contribution is 0.681. The second-order valence-electron chi connectivity index (χ2n) is 3.34. The van der Waals surface area contributed by atoms with Crippen LogP contribution in [-0.4, -0.2) is 10.0 Å². The van der Waals surface area contributed by atoms with E-state index in [1.807, 2.05) is 12.1 Å². The zero-order valence-corrected chi connectivity index (χ0v) is 8.13. The van der Waals surface area contributed by atoms with Crippen LogP contribution >= 0.6 is 12.8 Å². The maximum Gasteiger partial charge on any atom is 0.264 e. The van der Waals surface area contributed by atoms with Gasteiger partial charge in [-0.05, 0) is 18.9 Å². The first-order valence-corrected chi connectivity index (χ1v) is 4.80. The van der Waals surface area contributed by atoms with Gasteiger partial charge in [-0.15, -0.1) is 0 Å². The molecule has 1 aromatic rings. The number of nitrogens with one attached hydrogen (secondary N) is 1. The van der Waals surface area contributed by atoms with Crippen molar-refractivity contribution in [2.45, 2.75) is 25.4 Å². The number of hydrogen-bond donors (Lipinski definition) is 2. The third kappa shape index (κ3) is 2.14. The number of rotatable bonds is 3. The lowest BCUT2D eigenvalue weighted by Crippen LogP contribution is -2.24. The molecule has 0 atom stereocenters. The lowest BCUT2D eigenvalue weighted by Gasteiger charge is -2.02. The summed E-state index contributed by atoms with van der Waals surface area (Å²) in [6, 6.07) is 4.30. The van der Waals surface area contributed by atoms with Crippen molar-refractivity contribution in [2.24, 2.45) is 0 Å². The van der Waals surface area contributed by atoms with Crippen LogP contribution < -0.4 is 10.9 Å². The molecule has 0 amide bonds. The second-order valence-corrected chi connectivity index (χ2v) is 3.77. The molecule has 13 heavy (non-hydrogen) atoms. The monoisotopic (exact) mass is 196 g/mol. The molecule has 0 radical (unpaired) electrons. The highest BCUT2D eigenvalue weighted by Gasteiger charge is 2.20. The van der Waals surface area contributed by atoms with E-state index in [0.717, 1.165) is 5.56 Å². The van der Waals surface area contributed by atoms with Gasteiger partial charge in [-0.1, -0.05) is 18.9 Å². The molecule has 2 rings (SSSR count). The van der Waals surface area contributed by atoms with Crippen molar-refractivity contribution in [1.82, 2.24) is 9.29 Å². The molecule has 0 unspecified atom stereocenters. The average molecular weight is 196 g/mol. The summed E-state index contributed by atoms with van der Waals surface area (Å²) >= 11 is 4.00. The van der Waals surface area contributed by atoms with Crippen LogP contribution in [-0.2, 0) is 6.54 Å². The fourth-order valence-electron chi connectivity index (χ4n) is 1.20. The summed E-state index contributed by atoms with van der Waals surface area (Å²) in [5.41, 5.74) is 0.753. The van der Waals surface area contributed by atoms with Gasteiger partial charge in [0.05, 0.1) is 0 Å². The van der Waals surface area contributed by atoms with Crippen molar-refractivity contribution in [2.75, 3.05) is 0 Å². The number of thiol groups is 1. The summed E-state index contributed by atoms with van der Waals surface area (Å²) in [4.78, 5) is 11.4. The van der Waals surface area contributed by atoms with Gasteiger partial charge in [-0.25, -0.2) is 0 Å². The summed E-state index contributed by atoms with van der Waals surface area (Å²) in [5.74, 6) is 0. The first kappa shape index (κ1) is 8.84. The summed E-state index contributed by atoms with van der Waals surface area (Å²) in [6.45, 7) is 0.658. The van der Waals surface area contributed by atoms with Gasteiger partial charge in [0.25, 0.3) is 5.56 Å². The molecule has 1 N–H and O–H groups in total. The van der Waals surface area contributed by atoms with Gasteiger partial charge in [0.2, 0.25) is 0 Å². The summed E-state index contributed by atoms with van der Waals surface area (Å²) in [6.07, 6.45) is 4.12. The minimum absolute atomic E-state index is 0.0287. The van der Waals surface area contributed by atoms with E-state index in [0.29, 0.717) is 12.6 Å². The van der Waals surface area contributed by atoms with Crippen LogP contribution in [0.25, 0.3) is 0 Å². The lowest BCUT2D eigenvalue weighted by atomic mass is 10.3. The zero-order chi connectivity index (χ0) is 9.26. The molecule has 0 saturated heterocycles. The SMILES string of the molecule is O=c1c(CNC2CC2)cccn1S. The molecule has 0 spiro atoms. The Bertz CT molecular complexity index is 357. The van der Waals surface area contributed by atoms with Crippen molar-refractivity contribution < 1.29 is 0 Å². The average Bonchev–Trinajstić information content (AvgIpc) is 2.91. The molecule has 1 saturated carbocycles. The van der Waals surface area contributed by atoms with Gasteiger partial charge in [-0.2, -0.15) is 0 Å². The van der Waals surface area contributed by atoms with Gasteiger partial charge in [0.1, 0.15) is 0 Å². The summed E-state index contributed by atoms with van der Waals surface area (Å²) in [5, 5.41) is 3.29. The predicted molar refractivity (Wildman–Crippen MR) is 54.9 cm³/mol. The fourth-order valence-corrected chi connectivity index (χ4v) is 1.41. The highest BCUT2D eigenvalue weighted by Crippen LogP contribution is 2.18. The Morgan fingerprint density at radius 1 is 1.62 bits per heavy atom. The number of aromatic nitrogens is 1. The normalized spacial score (nSPS) is 16.1. The van der Waals surface area contributed by atoms with Crippen LogP contribution in [0.3, 0.4) is 0 Å². The Hall–Kier alpha value is -0.740. The van der Waals surface area contributed by atoms with E-state index >= 15 is 0 Å². The molecule has 4 heteroatoms. The first-order valence-electron chi connectivity index (χ1n) is 4.40. The molecule has 1 heterocycles. The maximum absolute atomic E-state index is 11.4. The topological polar surface area (TPSA) is 34.0 Å². The largest absolute Gasteiger partial charge is 0.310 e. The van der Waals surface area contributed by atoms with E-state index in [-0.39, 0.29) is 5.56 Å². The van der Waals surface area contributed by atoms with Crippen LogP contribution in [0.5, 0.6) is 0 Å². The van der Waals surface area contributed by atoms with Crippen LogP contribution in [0, 0.1) is 0 Å². The fraction of sp³-hybridized carbons (Fsp3) is 0.444. The highest BCUT2D eigenvalue weighted by molar-refractivity contribution is 7.78. The zero-order valence-electron chi connectivity index (χ0n) is 7.23. The predicted octanol–water partition coefficient (Wildman–Crippen LogP) is 0.793. The van der Waals surface area contributed by atoms with Crippen LogP contribution in [0.4, 0.5) is 0 Å². The van der Waals surface area contributed by atoms with E-state index in [9.17, 15) is 4.79 Å². The minimum atomic E-state index is -0.0287. The Balaban J connectivity index is 2.09. The minimum Gasteiger partial charge on any atom is -0.310 e. The summed E-state index contributed by atoms with van der Waals surface area (Å²) < 4.78 is 1.31. The van der Waals surface area contributed by atoms with Crippen molar-refractivity contribution >= 4 is 12.8 Å². The summed E-state index contributed by atoms with van der Waals surface area (Å²) in [7, 11) is 0. The molecule has 0 bridgehead atoms. The van der Waals surface area contributed by atoms with E-state index in [4.69, 9.17) is 0 Å². The van der Waals surface area contributed by atoms with Gasteiger partial charge >= 0.3 is 0 Å². The van der Waals surface area contributed by atoms with Gasteiger partial charge in [0, 0.05) is 24.3 Å². The van der Waals surface area contributed by atoms with Gasteiger partial charge < -0.3 is 5.32 Å². The molecular weight excluding hydrogens is 184 g/mol. The molecule has 0 aliphatic heterocycles. The molecule has 1 aromatic heterocycles. The van der Waals surface area contributed by atoms with E-state index in [2.05, 4.69) is 18.1 Å². The quantitative estimate of drug-likeness (QED) is 0.701. The van der Waals surface area contributed by atoms with Crippen LogP contribution in [0.15, 0.2) is 23.1 Å². The Labute approximate surface area is 82.3 Å². The Morgan fingerprint density at radius 2 is 2.38 bits per heavy atom. The standard InChI is InChI=1S/C9H12N2OS/c12-9-7(2-1-5-11(9)13)6-10-8-3-4-8/h1-2,5,8,10,13H,3-4,6H2. The molecule has 1 aliphatic rings. The van der Waals surface area contributed by atoms with Crippen molar-refractivity contribution in [3.8, 4) is 0 Å². The van der Waals surface area contributed by atoms with E-state index < -0.39 is 0 Å². The number of pyridine rings is 1. The first-order chi connectivity index (χ1) is 6.27. The third-order valence-corrected chi connectivity index (χ3v) is 2.48. The van der Waals surface area contributed by atoms with Crippen molar-refractivity contribution in [3.05, 3.63) is 34.2 Å². The van der Waals surface area contributed by atoms with Crippen molar-refractivity contribution in [1.29, 1.82) is 0 Å². The number of hydrogen-bond acceptors (Lipinski definition) is 3. The highest BCUT2D eigenvalue weighted by atomic mass is 32.1. The van der Waals surface area contributed by atoms with Crippen LogP contribution in [0.1, 0.15) is 18.4 Å². The molecule has 3 nitrogen and oxygen atoms in total. The molecule has 0 aromatic carbocycles. The van der Waals surface area contributed by atoms with E-state index in [1.165, 1.54) is 16.8 Å². The molecule has 1 aliphatic carbocycles. The second kappa shape index (κ2) is 3.55. The third-order valence-electron chi connectivity index (χ3n) is 2.17. The van der Waals surface area contributed by atoms with Gasteiger partial charge in [0.15, 0.2) is 0 Å². The van der Waals surface area contributed by atoms with Crippen molar-refractivity contribution in [3.63, 3.8) is 0 Å². The Kier molecular flexibility index (Phi) is 2.42. The Morgan fingerprint density at radius 3 is 3.08 bits per heavy atom. The van der Waals surface area contributed by atoms with Crippen LogP contribution in [0.2, 0.25) is 0 Å². The van der Waals surface area contributed by atoms with Gasteiger partial charge in [-0.3, -0.25) is 8.77 Å². The maximum atomic E-state index is 11.4. The van der Waals surface area contributed by atoms with E-state index in [1.54, 1.807) is 6.20 Å².